The average molecular weight is 270 g/mol. The zero-order valence-corrected chi connectivity index (χ0v) is 10.8. The molecular formula is C15H14N2O3. The molecule has 0 saturated heterocycles. The van der Waals surface area contributed by atoms with Crippen molar-refractivity contribution in [3.05, 3.63) is 53.9 Å². The van der Waals surface area contributed by atoms with E-state index >= 15 is 0 Å². The molecule has 0 amide bonds. The van der Waals surface area contributed by atoms with Crippen LogP contribution in [-0.2, 0) is 6.54 Å². The Morgan fingerprint density at radius 2 is 2.10 bits per heavy atom. The smallest absolute Gasteiger partial charge is 0.354 e. The van der Waals surface area contributed by atoms with Crippen LogP contribution < -0.4 is 9.64 Å². The van der Waals surface area contributed by atoms with Gasteiger partial charge in [0.25, 0.3) is 0 Å². The Morgan fingerprint density at radius 3 is 2.85 bits per heavy atom. The van der Waals surface area contributed by atoms with Gasteiger partial charge < -0.3 is 14.7 Å². The van der Waals surface area contributed by atoms with Gasteiger partial charge in [-0.15, -0.1) is 0 Å². The minimum Gasteiger partial charge on any atom is -0.491 e. The van der Waals surface area contributed by atoms with Gasteiger partial charge in [-0.1, -0.05) is 18.2 Å². The van der Waals surface area contributed by atoms with Crippen LogP contribution in [0.1, 0.15) is 16.1 Å². The molecule has 0 saturated carbocycles. The van der Waals surface area contributed by atoms with Crippen LogP contribution in [0, 0.1) is 0 Å². The van der Waals surface area contributed by atoms with Crippen molar-refractivity contribution in [3.8, 4) is 5.75 Å². The van der Waals surface area contributed by atoms with E-state index in [9.17, 15) is 4.79 Å². The molecule has 2 heterocycles. The summed E-state index contributed by atoms with van der Waals surface area (Å²) in [6.07, 6.45) is 1.59. The summed E-state index contributed by atoms with van der Waals surface area (Å²) in [4.78, 5) is 16.9. The molecule has 0 bridgehead atoms. The van der Waals surface area contributed by atoms with Crippen molar-refractivity contribution in [2.45, 2.75) is 6.54 Å². The van der Waals surface area contributed by atoms with E-state index in [1.165, 1.54) is 6.07 Å². The van der Waals surface area contributed by atoms with Crippen LogP contribution in [0.3, 0.4) is 0 Å². The quantitative estimate of drug-likeness (QED) is 0.906. The molecule has 0 aliphatic carbocycles. The number of aromatic carboxylic acids is 1. The monoisotopic (exact) mass is 270 g/mol. The average Bonchev–Trinajstić information content (AvgIpc) is 2.69. The van der Waals surface area contributed by atoms with Crippen molar-refractivity contribution >= 4 is 11.7 Å². The van der Waals surface area contributed by atoms with E-state index in [4.69, 9.17) is 9.84 Å². The highest BCUT2D eigenvalue weighted by atomic mass is 16.5. The maximum atomic E-state index is 10.8. The SMILES string of the molecule is O=C(O)c1ccc(N2CCOc3ccccc3C2)cn1. The maximum absolute atomic E-state index is 10.8. The van der Waals surface area contributed by atoms with Crippen molar-refractivity contribution in [1.29, 1.82) is 0 Å². The van der Waals surface area contributed by atoms with Gasteiger partial charge in [0.2, 0.25) is 0 Å². The molecule has 102 valence electrons. The lowest BCUT2D eigenvalue weighted by Gasteiger charge is -2.21. The van der Waals surface area contributed by atoms with Gasteiger partial charge in [-0.25, -0.2) is 9.78 Å². The van der Waals surface area contributed by atoms with Gasteiger partial charge in [0.05, 0.1) is 18.4 Å². The largest absolute Gasteiger partial charge is 0.491 e. The number of benzene rings is 1. The van der Waals surface area contributed by atoms with Gasteiger partial charge >= 0.3 is 5.97 Å². The summed E-state index contributed by atoms with van der Waals surface area (Å²) in [6.45, 7) is 2.06. The lowest BCUT2D eigenvalue weighted by atomic mass is 10.2. The maximum Gasteiger partial charge on any atom is 0.354 e. The summed E-state index contributed by atoms with van der Waals surface area (Å²) in [5, 5.41) is 8.87. The highest BCUT2D eigenvalue weighted by molar-refractivity contribution is 5.85. The third kappa shape index (κ3) is 2.42. The molecule has 0 atom stereocenters. The van der Waals surface area contributed by atoms with E-state index in [0.29, 0.717) is 6.61 Å². The summed E-state index contributed by atoms with van der Waals surface area (Å²) in [5.74, 6) is -0.105. The van der Waals surface area contributed by atoms with Gasteiger partial charge in [0, 0.05) is 12.1 Å². The molecule has 2 aromatic rings. The van der Waals surface area contributed by atoms with Crippen LogP contribution >= 0.6 is 0 Å². The fourth-order valence-corrected chi connectivity index (χ4v) is 2.25. The van der Waals surface area contributed by atoms with Gasteiger partial charge in [-0.3, -0.25) is 0 Å². The van der Waals surface area contributed by atoms with E-state index in [1.807, 2.05) is 24.3 Å². The Bertz CT molecular complexity index is 625. The minimum absolute atomic E-state index is 0.0558. The molecule has 0 unspecified atom stereocenters. The van der Waals surface area contributed by atoms with Crippen LogP contribution in [0.2, 0.25) is 0 Å². The van der Waals surface area contributed by atoms with Crippen LogP contribution in [0.5, 0.6) is 5.75 Å². The number of fused-ring (bicyclic) bond motifs is 1. The lowest BCUT2D eigenvalue weighted by Crippen LogP contribution is -2.25. The third-order valence-corrected chi connectivity index (χ3v) is 3.28. The molecule has 0 fully saturated rings. The number of rotatable bonds is 2. The minimum atomic E-state index is -1.01. The standard InChI is InChI=1S/C15H14N2O3/c18-15(19)13-6-5-12(9-16-13)17-7-8-20-14-4-2-1-3-11(14)10-17/h1-6,9H,7-8,10H2,(H,18,19). The molecule has 1 N–H and O–H groups in total. The number of nitrogens with zero attached hydrogens (tertiary/aromatic N) is 2. The van der Waals surface area contributed by atoms with Crippen molar-refractivity contribution in [3.63, 3.8) is 0 Å². The Kier molecular flexibility index (Phi) is 3.25. The predicted molar refractivity (Wildman–Crippen MR) is 74.2 cm³/mol. The van der Waals surface area contributed by atoms with Crippen molar-refractivity contribution in [2.24, 2.45) is 0 Å². The van der Waals surface area contributed by atoms with Crippen LogP contribution in [0.15, 0.2) is 42.6 Å². The topological polar surface area (TPSA) is 62.7 Å². The van der Waals surface area contributed by atoms with Crippen LogP contribution in [0.25, 0.3) is 0 Å². The molecular weight excluding hydrogens is 256 g/mol. The number of carboxylic acids is 1. The second kappa shape index (κ2) is 5.21. The van der Waals surface area contributed by atoms with Crippen molar-refractivity contribution in [2.75, 3.05) is 18.1 Å². The Hall–Kier alpha value is -2.56. The predicted octanol–water partition coefficient (Wildman–Crippen LogP) is 2.18. The molecule has 20 heavy (non-hydrogen) atoms. The van der Waals surface area contributed by atoms with E-state index < -0.39 is 5.97 Å². The molecule has 5 heteroatoms. The van der Waals surface area contributed by atoms with Gasteiger partial charge in [-0.05, 0) is 18.2 Å². The molecule has 5 nitrogen and oxygen atoms in total. The first kappa shape index (κ1) is 12.5. The zero-order chi connectivity index (χ0) is 13.9. The summed E-state index contributed by atoms with van der Waals surface area (Å²) in [7, 11) is 0. The molecule has 1 aromatic heterocycles. The number of carbonyl (C=O) groups is 1. The Balaban J connectivity index is 1.85. The van der Waals surface area contributed by atoms with E-state index in [2.05, 4.69) is 9.88 Å². The highest BCUT2D eigenvalue weighted by Crippen LogP contribution is 2.25. The van der Waals surface area contributed by atoms with Crippen molar-refractivity contribution < 1.29 is 14.6 Å². The molecule has 0 radical (unpaired) electrons. The fraction of sp³-hybridized carbons (Fsp3) is 0.200. The first-order valence-corrected chi connectivity index (χ1v) is 6.39. The number of carboxylic acid groups (broad SMARTS) is 1. The number of aromatic nitrogens is 1. The highest BCUT2D eigenvalue weighted by Gasteiger charge is 2.16. The van der Waals surface area contributed by atoms with Crippen LogP contribution in [-0.4, -0.2) is 29.2 Å². The van der Waals surface area contributed by atoms with E-state index in [1.54, 1.807) is 12.3 Å². The molecule has 1 aliphatic heterocycles. The second-order valence-corrected chi connectivity index (χ2v) is 4.58. The molecule has 1 aromatic carbocycles. The summed E-state index contributed by atoms with van der Waals surface area (Å²) in [5.41, 5.74) is 2.07. The number of para-hydroxylation sites is 1. The summed E-state index contributed by atoms with van der Waals surface area (Å²) < 4.78 is 5.71. The summed E-state index contributed by atoms with van der Waals surface area (Å²) in [6, 6.07) is 11.2. The number of pyridine rings is 1. The number of anilines is 1. The number of ether oxygens (including phenoxy) is 1. The lowest BCUT2D eigenvalue weighted by molar-refractivity contribution is 0.0690. The van der Waals surface area contributed by atoms with Gasteiger partial charge in [-0.2, -0.15) is 0 Å². The molecule has 3 rings (SSSR count). The number of hydrogen-bond donors (Lipinski definition) is 1. The summed E-state index contributed by atoms with van der Waals surface area (Å²) >= 11 is 0. The van der Waals surface area contributed by atoms with Gasteiger partial charge in [0.1, 0.15) is 18.1 Å². The second-order valence-electron chi connectivity index (χ2n) is 4.58. The third-order valence-electron chi connectivity index (χ3n) is 3.28. The van der Waals surface area contributed by atoms with E-state index in [-0.39, 0.29) is 5.69 Å². The van der Waals surface area contributed by atoms with Gasteiger partial charge in [0.15, 0.2) is 0 Å². The Labute approximate surface area is 116 Å². The molecule has 0 spiro atoms. The fourth-order valence-electron chi connectivity index (χ4n) is 2.25. The normalized spacial score (nSPS) is 14.1. The van der Waals surface area contributed by atoms with Crippen LogP contribution in [0.4, 0.5) is 5.69 Å². The Morgan fingerprint density at radius 1 is 1.25 bits per heavy atom. The first-order valence-electron chi connectivity index (χ1n) is 6.39. The van der Waals surface area contributed by atoms with E-state index in [0.717, 1.165) is 30.1 Å². The van der Waals surface area contributed by atoms with Crippen molar-refractivity contribution in [1.82, 2.24) is 4.98 Å². The zero-order valence-electron chi connectivity index (χ0n) is 10.8. The number of hydrogen-bond acceptors (Lipinski definition) is 4. The molecule has 1 aliphatic rings. The first-order chi connectivity index (χ1) is 9.74.